The van der Waals surface area contributed by atoms with Crippen LogP contribution in [0, 0.1) is 17.6 Å². The molecular weight excluding hydrogens is 492 g/mol. The van der Waals surface area contributed by atoms with Crippen molar-refractivity contribution in [3.05, 3.63) is 71.4 Å². The van der Waals surface area contributed by atoms with Crippen LogP contribution in [0.4, 0.5) is 8.78 Å². The smallest absolute Gasteiger partial charge is 0.321 e. The Labute approximate surface area is 219 Å². The van der Waals surface area contributed by atoms with Crippen molar-refractivity contribution in [2.24, 2.45) is 11.0 Å². The molecule has 3 heterocycles. The number of nitrogens with one attached hydrogen (secondary N) is 2. The lowest BCUT2D eigenvalue weighted by Gasteiger charge is -2.41. The van der Waals surface area contributed by atoms with Crippen LogP contribution in [0.1, 0.15) is 47.5 Å². The summed E-state index contributed by atoms with van der Waals surface area (Å²) in [6.07, 6.45) is 6.79. The second-order valence-corrected chi connectivity index (χ2v) is 10.1. The van der Waals surface area contributed by atoms with Gasteiger partial charge in [-0.1, -0.05) is 18.2 Å². The van der Waals surface area contributed by atoms with Crippen molar-refractivity contribution in [2.45, 2.75) is 37.6 Å². The Balaban J connectivity index is 1.13. The first-order valence-electron chi connectivity index (χ1n) is 13.0. The van der Waals surface area contributed by atoms with Crippen LogP contribution in [0.3, 0.4) is 0 Å². The van der Waals surface area contributed by atoms with Crippen molar-refractivity contribution in [3.63, 3.8) is 0 Å². The number of hydrogen-bond acceptors (Lipinski definition) is 4. The average Bonchev–Trinajstić information content (AvgIpc) is 3.34. The molecule has 0 saturated carbocycles. The number of carboxylic acid groups (broad SMARTS) is 1. The van der Waals surface area contributed by atoms with Crippen molar-refractivity contribution in [1.82, 2.24) is 20.2 Å². The second kappa shape index (κ2) is 11.3. The van der Waals surface area contributed by atoms with E-state index < -0.39 is 29.6 Å². The Kier molecular flexibility index (Phi) is 7.69. The highest BCUT2D eigenvalue weighted by atomic mass is 19.1. The highest BCUT2D eigenvalue weighted by Gasteiger charge is 2.37. The number of likely N-dealkylation sites (tertiary alicyclic amines) is 2. The zero-order chi connectivity index (χ0) is 26.6. The van der Waals surface area contributed by atoms with Gasteiger partial charge >= 0.3 is 5.97 Å². The number of fused-ring (bicyclic) bond motifs is 1. The van der Waals surface area contributed by atoms with Crippen molar-refractivity contribution in [3.8, 4) is 0 Å². The number of aliphatic carboxylic acids is 1. The van der Waals surface area contributed by atoms with Gasteiger partial charge in [-0.05, 0) is 74.4 Å². The van der Waals surface area contributed by atoms with Crippen LogP contribution >= 0.6 is 0 Å². The zero-order valence-corrected chi connectivity index (χ0v) is 20.9. The second-order valence-electron chi connectivity index (χ2n) is 10.1. The molecule has 0 spiro atoms. The monoisotopic (exact) mass is 523 g/mol. The number of aromatic amines is 1. The van der Waals surface area contributed by atoms with Crippen molar-refractivity contribution in [1.29, 1.82) is 0 Å². The number of hydrazone groups is 1. The van der Waals surface area contributed by atoms with Gasteiger partial charge in [-0.3, -0.25) is 14.5 Å². The Hall–Kier alpha value is -3.79. The molecular formula is C28H31F2N5O3. The Morgan fingerprint density at radius 2 is 1.71 bits per heavy atom. The number of amides is 1. The minimum atomic E-state index is -0.837. The van der Waals surface area contributed by atoms with Gasteiger partial charge in [0.05, 0.1) is 0 Å². The first-order valence-corrected chi connectivity index (χ1v) is 13.0. The molecule has 3 aromatic rings. The molecule has 1 amide bonds. The van der Waals surface area contributed by atoms with Gasteiger partial charge in [-0.2, -0.15) is 5.10 Å². The normalized spacial score (nSPS) is 18.7. The van der Waals surface area contributed by atoms with E-state index in [-0.39, 0.29) is 11.5 Å². The fraction of sp³-hybridized carbons (Fsp3) is 0.393. The van der Waals surface area contributed by atoms with E-state index in [1.54, 1.807) is 0 Å². The van der Waals surface area contributed by atoms with Gasteiger partial charge in [0.25, 0.3) is 5.91 Å². The minimum absolute atomic E-state index is 0.0200. The van der Waals surface area contributed by atoms with Crippen LogP contribution in [0.15, 0.2) is 53.8 Å². The number of benzene rings is 2. The lowest BCUT2D eigenvalue weighted by Crippen LogP contribution is -2.51. The number of H-pyrrole nitrogens is 1. The molecule has 200 valence electrons. The number of hydrogen-bond donors (Lipinski definition) is 3. The SMILES string of the molecule is O=C(NN=CN1CCC(C(C(=O)O)N2CCC(c3c[nH]c4ccccc34)CC2)CC1)c1cc(F)cc(F)c1. The average molecular weight is 524 g/mol. The maximum Gasteiger partial charge on any atom is 0.321 e. The third kappa shape index (κ3) is 5.70. The summed E-state index contributed by atoms with van der Waals surface area (Å²) in [7, 11) is 0. The van der Waals surface area contributed by atoms with E-state index in [9.17, 15) is 23.5 Å². The summed E-state index contributed by atoms with van der Waals surface area (Å²) in [5.74, 6) is -2.73. The standard InChI is InChI=1S/C28H31F2N5O3/c29-21-13-20(14-22(30)15-21)27(36)33-32-17-34-9-5-19(6-10-34)26(28(37)38)35-11-7-18(8-12-35)24-16-31-25-4-2-1-3-23(24)25/h1-4,13-19,26,31H,5-12H2,(H,33,36)(H,37,38). The van der Waals surface area contributed by atoms with Crippen LogP contribution in [0.25, 0.3) is 10.9 Å². The van der Waals surface area contributed by atoms with Gasteiger partial charge in [0.15, 0.2) is 0 Å². The third-order valence-corrected chi connectivity index (χ3v) is 7.77. The predicted octanol–water partition coefficient (Wildman–Crippen LogP) is 4.16. The molecule has 8 nitrogen and oxygen atoms in total. The summed E-state index contributed by atoms with van der Waals surface area (Å²) >= 11 is 0. The molecule has 38 heavy (non-hydrogen) atoms. The summed E-state index contributed by atoms with van der Waals surface area (Å²) in [6, 6.07) is 10.3. The van der Waals surface area contributed by atoms with E-state index in [4.69, 9.17) is 0 Å². The maximum atomic E-state index is 13.3. The Morgan fingerprint density at radius 3 is 2.39 bits per heavy atom. The number of carbonyl (C=O) groups excluding carboxylic acids is 1. The number of nitrogens with zero attached hydrogens (tertiary/aromatic N) is 3. The minimum Gasteiger partial charge on any atom is -0.480 e. The van der Waals surface area contributed by atoms with Crippen LogP contribution in [-0.2, 0) is 4.79 Å². The summed E-state index contributed by atoms with van der Waals surface area (Å²) < 4.78 is 26.6. The van der Waals surface area contributed by atoms with Gasteiger partial charge in [0, 0.05) is 41.8 Å². The van der Waals surface area contributed by atoms with Crippen molar-refractivity contribution >= 4 is 29.1 Å². The largest absolute Gasteiger partial charge is 0.480 e. The molecule has 1 unspecified atom stereocenters. The molecule has 2 fully saturated rings. The number of carboxylic acids is 1. The number of piperidine rings is 2. The number of aromatic nitrogens is 1. The van der Waals surface area contributed by atoms with E-state index >= 15 is 0 Å². The maximum absolute atomic E-state index is 13.3. The molecule has 5 rings (SSSR count). The van der Waals surface area contributed by atoms with Gasteiger partial charge in [-0.15, -0.1) is 0 Å². The summed E-state index contributed by atoms with van der Waals surface area (Å²) in [6.45, 7) is 2.70. The number of rotatable bonds is 7. The molecule has 0 aliphatic carbocycles. The molecule has 10 heteroatoms. The van der Waals surface area contributed by atoms with Gasteiger partial charge < -0.3 is 15.0 Å². The van der Waals surface area contributed by atoms with Crippen molar-refractivity contribution in [2.75, 3.05) is 26.2 Å². The highest BCUT2D eigenvalue weighted by molar-refractivity contribution is 5.94. The molecule has 0 radical (unpaired) electrons. The van der Waals surface area contributed by atoms with Crippen LogP contribution < -0.4 is 5.43 Å². The quantitative estimate of drug-likeness (QED) is 0.245. The molecule has 2 saturated heterocycles. The molecule has 1 aromatic heterocycles. The van der Waals surface area contributed by atoms with E-state index in [1.807, 2.05) is 17.0 Å². The van der Waals surface area contributed by atoms with E-state index in [2.05, 4.69) is 38.7 Å². The van der Waals surface area contributed by atoms with Crippen LogP contribution in [0.5, 0.6) is 0 Å². The lowest BCUT2D eigenvalue weighted by atomic mass is 9.84. The third-order valence-electron chi connectivity index (χ3n) is 7.77. The van der Waals surface area contributed by atoms with Gasteiger partial charge in [0.2, 0.25) is 0 Å². The summed E-state index contributed by atoms with van der Waals surface area (Å²) in [4.78, 5) is 31.8. The molecule has 2 aliphatic rings. The Bertz CT molecular complexity index is 1310. The van der Waals surface area contributed by atoms with E-state index in [0.717, 1.165) is 43.6 Å². The summed E-state index contributed by atoms with van der Waals surface area (Å²) in [5.41, 5.74) is 4.57. The number of halogens is 2. The zero-order valence-electron chi connectivity index (χ0n) is 20.9. The number of para-hydroxylation sites is 1. The summed E-state index contributed by atoms with van der Waals surface area (Å²) in [5, 5.41) is 15.2. The molecule has 0 bridgehead atoms. The lowest BCUT2D eigenvalue weighted by molar-refractivity contribution is -0.146. The fourth-order valence-electron chi connectivity index (χ4n) is 5.85. The Morgan fingerprint density at radius 1 is 1.03 bits per heavy atom. The highest BCUT2D eigenvalue weighted by Crippen LogP contribution is 2.35. The van der Waals surface area contributed by atoms with E-state index in [1.165, 1.54) is 17.3 Å². The first kappa shape index (κ1) is 25.8. The molecule has 1 atom stereocenters. The van der Waals surface area contributed by atoms with Crippen molar-refractivity contribution < 1.29 is 23.5 Å². The predicted molar refractivity (Wildman–Crippen MR) is 140 cm³/mol. The van der Waals surface area contributed by atoms with Gasteiger partial charge in [-0.25, -0.2) is 14.2 Å². The molecule has 2 aromatic carbocycles. The fourth-order valence-corrected chi connectivity index (χ4v) is 5.85. The van der Waals surface area contributed by atoms with E-state index in [0.29, 0.717) is 37.9 Å². The van der Waals surface area contributed by atoms with Gasteiger partial charge in [0.1, 0.15) is 24.0 Å². The first-order chi connectivity index (χ1) is 18.4. The van der Waals surface area contributed by atoms with Crippen LogP contribution in [0.2, 0.25) is 0 Å². The molecule has 2 aliphatic heterocycles. The topological polar surface area (TPSA) is 101 Å². The molecule has 3 N–H and O–H groups in total. The van der Waals surface area contributed by atoms with Crippen LogP contribution in [-0.4, -0.2) is 70.3 Å². The number of carbonyl (C=O) groups is 2.